The molecule has 0 N–H and O–H groups in total. The fourth-order valence-electron chi connectivity index (χ4n) is 5.92. The highest BCUT2D eigenvalue weighted by molar-refractivity contribution is 7.45. The van der Waals surface area contributed by atoms with Gasteiger partial charge in [0.05, 0.1) is 27.7 Å². The van der Waals surface area contributed by atoms with E-state index in [1.54, 1.807) is 0 Å². The first-order valence-corrected chi connectivity index (χ1v) is 23.5. The topological polar surface area (TPSA) is 111 Å². The van der Waals surface area contributed by atoms with Gasteiger partial charge in [0.15, 0.2) is 6.10 Å². The van der Waals surface area contributed by atoms with Gasteiger partial charge in [-0.3, -0.25) is 14.2 Å². The summed E-state index contributed by atoms with van der Waals surface area (Å²) in [6.45, 7) is 4.19. The molecule has 0 aliphatic heterocycles. The van der Waals surface area contributed by atoms with Gasteiger partial charge in [0.2, 0.25) is 0 Å². The smallest absolute Gasteiger partial charge is 0.306 e. The van der Waals surface area contributed by atoms with Crippen molar-refractivity contribution in [2.24, 2.45) is 0 Å². The van der Waals surface area contributed by atoms with E-state index in [1.165, 1.54) is 109 Å². The maximum atomic E-state index is 12.7. The van der Waals surface area contributed by atoms with E-state index in [-0.39, 0.29) is 32.0 Å². The quantitative estimate of drug-likeness (QED) is 0.0198. The number of hydrogen-bond acceptors (Lipinski definition) is 8. The number of carbonyl (C=O) groups is 2. The van der Waals surface area contributed by atoms with Gasteiger partial charge in [-0.1, -0.05) is 147 Å². The Hall–Kier alpha value is -1.51. The van der Waals surface area contributed by atoms with Crippen LogP contribution in [0.3, 0.4) is 0 Å². The second kappa shape index (κ2) is 37.1. The average molecular weight is 786 g/mol. The van der Waals surface area contributed by atoms with E-state index in [0.29, 0.717) is 17.4 Å². The van der Waals surface area contributed by atoms with Gasteiger partial charge >= 0.3 is 11.9 Å². The Morgan fingerprint density at radius 1 is 0.556 bits per heavy atom. The number of esters is 2. The van der Waals surface area contributed by atoms with Crippen molar-refractivity contribution in [2.45, 2.75) is 200 Å². The maximum Gasteiger partial charge on any atom is 0.306 e. The second-order valence-electron chi connectivity index (χ2n) is 16.1. The Labute approximate surface area is 332 Å². The first-order valence-electron chi connectivity index (χ1n) is 22.0. The molecule has 0 radical (unpaired) electrons. The van der Waals surface area contributed by atoms with Crippen molar-refractivity contribution in [2.75, 3.05) is 47.5 Å². The summed E-state index contributed by atoms with van der Waals surface area (Å²) >= 11 is 0. The van der Waals surface area contributed by atoms with E-state index in [9.17, 15) is 19.0 Å². The van der Waals surface area contributed by atoms with Crippen LogP contribution in [0.2, 0.25) is 0 Å². The molecule has 1 unspecified atom stereocenters. The summed E-state index contributed by atoms with van der Waals surface area (Å²) < 4.78 is 33.9. The zero-order valence-electron chi connectivity index (χ0n) is 35.7. The highest BCUT2D eigenvalue weighted by Crippen LogP contribution is 2.38. The molecule has 0 aromatic carbocycles. The number of unbranched alkanes of at least 4 members (excludes halogenated alkanes) is 22. The van der Waals surface area contributed by atoms with E-state index in [2.05, 4.69) is 38.2 Å². The molecular weight excluding hydrogens is 701 g/mol. The molecule has 0 spiro atoms. The zero-order chi connectivity index (χ0) is 40.0. The normalized spacial score (nSPS) is 13.8. The molecule has 0 heterocycles. The number of quaternary nitrogens is 1. The monoisotopic (exact) mass is 786 g/mol. The van der Waals surface area contributed by atoms with Crippen molar-refractivity contribution in [3.8, 4) is 0 Å². The Morgan fingerprint density at radius 3 is 1.43 bits per heavy atom. The van der Waals surface area contributed by atoms with Crippen LogP contribution in [0.4, 0.5) is 0 Å². The SMILES string of the molecule is CCCC/C=C/CCCCCCCCCCCC(=O)OC[C@H](COP(=O)([O-])OCC[N+](C)(C)C)OC(=O)CCCCCCC/C=C/CCCCCCCC. The Morgan fingerprint density at radius 2 is 0.963 bits per heavy atom. The molecule has 318 valence electrons. The van der Waals surface area contributed by atoms with Gasteiger partial charge in [0, 0.05) is 12.8 Å². The summed E-state index contributed by atoms with van der Waals surface area (Å²) in [4.78, 5) is 37.5. The first kappa shape index (κ1) is 52.5. The number of rotatable bonds is 40. The molecule has 0 fully saturated rings. The van der Waals surface area contributed by atoms with Crippen molar-refractivity contribution in [3.05, 3.63) is 24.3 Å². The average Bonchev–Trinajstić information content (AvgIpc) is 3.12. The van der Waals surface area contributed by atoms with E-state index >= 15 is 0 Å². The Bertz CT molecular complexity index is 980. The number of likely N-dealkylation sites (N-methyl/N-ethyl adjacent to an activating group) is 1. The molecule has 9 nitrogen and oxygen atoms in total. The van der Waals surface area contributed by atoms with Gasteiger partial charge in [-0.2, -0.15) is 0 Å². The summed E-state index contributed by atoms with van der Waals surface area (Å²) in [5.74, 6) is -0.843. The maximum absolute atomic E-state index is 12.7. The highest BCUT2D eigenvalue weighted by Gasteiger charge is 2.21. The largest absolute Gasteiger partial charge is 0.756 e. The molecule has 54 heavy (non-hydrogen) atoms. The summed E-state index contributed by atoms with van der Waals surface area (Å²) in [6.07, 6.45) is 39.1. The lowest BCUT2D eigenvalue weighted by molar-refractivity contribution is -0.870. The van der Waals surface area contributed by atoms with Crippen LogP contribution in [0.1, 0.15) is 194 Å². The number of phosphoric acid groups is 1. The third-order valence-electron chi connectivity index (χ3n) is 9.44. The lowest BCUT2D eigenvalue weighted by Gasteiger charge is -2.28. The third-order valence-corrected chi connectivity index (χ3v) is 10.4. The van der Waals surface area contributed by atoms with Crippen molar-refractivity contribution in [3.63, 3.8) is 0 Å². The lowest BCUT2D eigenvalue weighted by atomic mass is 10.1. The molecule has 0 rings (SSSR count). The lowest BCUT2D eigenvalue weighted by Crippen LogP contribution is -2.37. The van der Waals surface area contributed by atoms with Gasteiger partial charge < -0.3 is 27.9 Å². The minimum Gasteiger partial charge on any atom is -0.756 e. The summed E-state index contributed by atoms with van der Waals surface area (Å²) in [6, 6.07) is 0. The van der Waals surface area contributed by atoms with Crippen LogP contribution in [0.15, 0.2) is 24.3 Å². The van der Waals surface area contributed by atoms with Gasteiger partial charge in [0.25, 0.3) is 7.82 Å². The first-order chi connectivity index (χ1) is 26.0. The number of nitrogens with zero attached hydrogens (tertiary/aromatic N) is 1. The standard InChI is InChI=1S/C44H84NO8P/c1-6-8-10-12-14-16-18-20-22-24-26-28-30-32-34-36-43(46)50-40-42(41-52-54(48,49)51-39-38-45(3,4)5)53-44(47)37-35-33-31-29-27-25-23-21-19-17-15-13-11-9-7-2/h12,14,21,23,42H,6-11,13,15-20,22,24-41H2,1-5H3/b14-12+,23-21+/t42-/m1/s1. The molecule has 0 aromatic rings. The zero-order valence-corrected chi connectivity index (χ0v) is 36.6. The van der Waals surface area contributed by atoms with E-state index in [0.717, 1.165) is 51.4 Å². The van der Waals surface area contributed by atoms with Crippen LogP contribution in [0, 0.1) is 0 Å². The van der Waals surface area contributed by atoms with E-state index in [1.807, 2.05) is 21.1 Å². The Balaban J connectivity index is 4.36. The van der Waals surface area contributed by atoms with Crippen molar-refractivity contribution >= 4 is 19.8 Å². The molecule has 0 aromatic heterocycles. The Kier molecular flexibility index (Phi) is 36.1. The minimum atomic E-state index is -4.62. The van der Waals surface area contributed by atoms with Crippen LogP contribution in [-0.4, -0.2) is 70.0 Å². The second-order valence-corrected chi connectivity index (χ2v) is 17.5. The van der Waals surface area contributed by atoms with Gasteiger partial charge in [0.1, 0.15) is 19.8 Å². The van der Waals surface area contributed by atoms with Crippen LogP contribution < -0.4 is 4.89 Å². The summed E-state index contributed by atoms with van der Waals surface area (Å²) in [5, 5.41) is 0. The summed E-state index contributed by atoms with van der Waals surface area (Å²) in [5.41, 5.74) is 0. The molecule has 0 aliphatic rings. The third kappa shape index (κ3) is 40.2. The van der Waals surface area contributed by atoms with Crippen molar-refractivity contribution in [1.82, 2.24) is 0 Å². The molecule has 0 saturated carbocycles. The van der Waals surface area contributed by atoms with E-state index < -0.39 is 26.5 Å². The highest BCUT2D eigenvalue weighted by atomic mass is 31.2. The van der Waals surface area contributed by atoms with Gasteiger partial charge in [-0.15, -0.1) is 0 Å². The molecule has 0 bridgehead atoms. The van der Waals surface area contributed by atoms with Crippen molar-refractivity contribution < 1.29 is 42.1 Å². The van der Waals surface area contributed by atoms with E-state index in [4.69, 9.17) is 18.5 Å². The molecule has 0 amide bonds. The molecule has 10 heteroatoms. The van der Waals surface area contributed by atoms with Crippen LogP contribution in [0.5, 0.6) is 0 Å². The van der Waals surface area contributed by atoms with Crippen LogP contribution in [-0.2, 0) is 32.7 Å². The fraction of sp³-hybridized carbons (Fsp3) is 0.864. The van der Waals surface area contributed by atoms with Crippen molar-refractivity contribution in [1.29, 1.82) is 0 Å². The fourth-order valence-corrected chi connectivity index (χ4v) is 6.65. The summed E-state index contributed by atoms with van der Waals surface area (Å²) in [7, 11) is 1.16. The number of phosphoric ester groups is 1. The van der Waals surface area contributed by atoms with Crippen LogP contribution >= 0.6 is 7.82 Å². The van der Waals surface area contributed by atoms with Crippen LogP contribution in [0.25, 0.3) is 0 Å². The molecule has 0 saturated heterocycles. The minimum absolute atomic E-state index is 0.0315. The molecule has 0 aliphatic carbocycles. The molecular formula is C44H84NO8P. The van der Waals surface area contributed by atoms with Gasteiger partial charge in [-0.05, 0) is 57.8 Å². The predicted octanol–water partition coefficient (Wildman–Crippen LogP) is 11.7. The number of carbonyl (C=O) groups excluding carboxylic acids is 2. The molecule has 2 atom stereocenters. The number of hydrogen-bond donors (Lipinski definition) is 0. The number of allylic oxidation sites excluding steroid dienone is 4. The van der Waals surface area contributed by atoms with Gasteiger partial charge in [-0.25, -0.2) is 0 Å². The predicted molar refractivity (Wildman–Crippen MR) is 222 cm³/mol. The number of ether oxygens (including phenoxy) is 2.